The molecule has 1 atom stereocenters. The summed E-state index contributed by atoms with van der Waals surface area (Å²) in [6, 6.07) is 24.8. The minimum Gasteiger partial charge on any atom is -0.366 e. The van der Waals surface area contributed by atoms with Crippen LogP contribution in [0.5, 0.6) is 0 Å². The molecule has 0 saturated heterocycles. The highest BCUT2D eigenvalue weighted by Crippen LogP contribution is 2.31. The Labute approximate surface area is 213 Å². The van der Waals surface area contributed by atoms with E-state index in [1.807, 2.05) is 54.6 Å². The van der Waals surface area contributed by atoms with Crippen molar-refractivity contribution in [1.29, 1.82) is 0 Å². The highest BCUT2D eigenvalue weighted by molar-refractivity contribution is 6.30. The van der Waals surface area contributed by atoms with Gasteiger partial charge in [-0.2, -0.15) is 5.10 Å². The molecular formula is C27H25ClN6O2. The minimum atomic E-state index is -0.468. The Hall–Kier alpha value is -4.17. The highest BCUT2D eigenvalue weighted by Gasteiger charge is 2.32. The van der Waals surface area contributed by atoms with Crippen LogP contribution >= 0.6 is 11.6 Å². The van der Waals surface area contributed by atoms with Crippen LogP contribution < -0.4 is 16.4 Å². The number of carbonyl (C=O) groups is 1. The topological polar surface area (TPSA) is 98.5 Å². The van der Waals surface area contributed by atoms with E-state index in [9.17, 15) is 9.59 Å². The third-order valence-corrected chi connectivity index (χ3v) is 6.61. The standard InChI is InChI=1S/C27H25ClN6O2/c1-32-26(31-33(27(32)36)16-15-18-7-9-21(10-8-18)25(29)35)34-17-23(19-5-3-2-4-6-19)24(30-34)20-11-13-22(28)14-12-20/h2-14,23H,15-17H2,1H3,(H2,29,35)/t23-/m0/s1. The number of primary amides is 1. The largest absolute Gasteiger partial charge is 0.366 e. The van der Waals surface area contributed by atoms with E-state index in [1.54, 1.807) is 24.2 Å². The van der Waals surface area contributed by atoms with E-state index >= 15 is 0 Å². The number of nitrogens with zero attached hydrogens (tertiary/aromatic N) is 5. The fourth-order valence-electron chi connectivity index (χ4n) is 4.37. The van der Waals surface area contributed by atoms with E-state index in [0.717, 1.165) is 22.4 Å². The fourth-order valence-corrected chi connectivity index (χ4v) is 4.50. The molecule has 0 bridgehead atoms. The van der Waals surface area contributed by atoms with Crippen LogP contribution in [-0.4, -0.2) is 32.5 Å². The maximum Gasteiger partial charge on any atom is 0.347 e. The highest BCUT2D eigenvalue weighted by atomic mass is 35.5. The number of carbonyl (C=O) groups excluding carboxylic acids is 1. The first kappa shape index (κ1) is 23.6. The molecule has 5 rings (SSSR count). The van der Waals surface area contributed by atoms with Gasteiger partial charge in [0, 0.05) is 23.6 Å². The first-order chi connectivity index (χ1) is 17.4. The van der Waals surface area contributed by atoms with Gasteiger partial charge in [0.2, 0.25) is 11.9 Å². The van der Waals surface area contributed by atoms with Crippen LogP contribution in [0.15, 0.2) is 88.8 Å². The quantitative estimate of drug-likeness (QED) is 0.419. The molecule has 0 spiro atoms. The second-order valence-electron chi connectivity index (χ2n) is 8.71. The van der Waals surface area contributed by atoms with E-state index in [4.69, 9.17) is 22.4 Å². The Balaban J connectivity index is 1.42. The van der Waals surface area contributed by atoms with E-state index in [-0.39, 0.29) is 11.6 Å². The van der Waals surface area contributed by atoms with Crippen LogP contribution in [0.4, 0.5) is 5.95 Å². The minimum absolute atomic E-state index is 0.0106. The SMILES string of the molecule is Cn1c(N2C[C@@H](c3ccccc3)C(c3ccc(Cl)cc3)=N2)nn(CCc2ccc(C(N)=O)cc2)c1=O. The number of aromatic nitrogens is 3. The molecule has 3 aromatic carbocycles. The van der Waals surface area contributed by atoms with Gasteiger partial charge in [-0.15, -0.1) is 5.10 Å². The fraction of sp³-hybridized carbons (Fsp3) is 0.185. The number of hydrazone groups is 1. The smallest absolute Gasteiger partial charge is 0.347 e. The Bertz CT molecular complexity index is 1470. The van der Waals surface area contributed by atoms with Gasteiger partial charge >= 0.3 is 5.69 Å². The van der Waals surface area contributed by atoms with E-state index in [1.165, 1.54) is 9.25 Å². The number of halogens is 1. The van der Waals surface area contributed by atoms with E-state index in [2.05, 4.69) is 17.2 Å². The lowest BCUT2D eigenvalue weighted by Gasteiger charge is -2.15. The molecule has 182 valence electrons. The maximum absolute atomic E-state index is 13.0. The summed E-state index contributed by atoms with van der Waals surface area (Å²) in [5, 5.41) is 12.0. The predicted octanol–water partition coefficient (Wildman–Crippen LogP) is 3.58. The van der Waals surface area contributed by atoms with Gasteiger partial charge in [-0.1, -0.05) is 66.2 Å². The summed E-state index contributed by atoms with van der Waals surface area (Å²) in [6.07, 6.45) is 0.585. The van der Waals surface area contributed by atoms with E-state index in [0.29, 0.717) is 36.0 Å². The van der Waals surface area contributed by atoms with Gasteiger partial charge in [-0.25, -0.2) is 14.5 Å². The normalized spacial score (nSPS) is 15.2. The summed E-state index contributed by atoms with van der Waals surface area (Å²) in [6.45, 7) is 0.952. The van der Waals surface area contributed by atoms with Gasteiger partial charge in [-0.3, -0.25) is 9.36 Å². The first-order valence-electron chi connectivity index (χ1n) is 11.6. The van der Waals surface area contributed by atoms with Crippen LogP contribution in [0.3, 0.4) is 0 Å². The molecule has 1 aliphatic rings. The molecule has 8 nitrogen and oxygen atoms in total. The number of anilines is 1. The Morgan fingerprint density at radius 2 is 1.72 bits per heavy atom. The molecule has 0 unspecified atom stereocenters. The molecule has 2 N–H and O–H groups in total. The van der Waals surface area contributed by atoms with Gasteiger partial charge in [0.05, 0.1) is 18.8 Å². The molecular weight excluding hydrogens is 476 g/mol. The van der Waals surface area contributed by atoms with Gasteiger partial charge < -0.3 is 5.73 Å². The zero-order chi connectivity index (χ0) is 25.2. The lowest BCUT2D eigenvalue weighted by atomic mass is 9.91. The molecule has 1 amide bonds. The molecule has 9 heteroatoms. The van der Waals surface area contributed by atoms with Gasteiger partial charge in [0.15, 0.2) is 0 Å². The molecule has 0 saturated carbocycles. The number of aryl methyl sites for hydroxylation is 2. The molecule has 0 radical (unpaired) electrons. The second-order valence-corrected chi connectivity index (χ2v) is 9.15. The lowest BCUT2D eigenvalue weighted by molar-refractivity contribution is 0.100. The van der Waals surface area contributed by atoms with Crippen molar-refractivity contribution < 1.29 is 4.79 Å². The van der Waals surface area contributed by atoms with Gasteiger partial charge in [0.1, 0.15) is 0 Å². The molecule has 1 aliphatic heterocycles. The van der Waals surface area contributed by atoms with Crippen molar-refractivity contribution in [3.05, 3.63) is 117 Å². The van der Waals surface area contributed by atoms with E-state index < -0.39 is 5.91 Å². The number of benzene rings is 3. The summed E-state index contributed by atoms with van der Waals surface area (Å²) < 4.78 is 2.97. The number of amides is 1. The summed E-state index contributed by atoms with van der Waals surface area (Å²) >= 11 is 6.11. The Morgan fingerprint density at radius 1 is 1.03 bits per heavy atom. The third-order valence-electron chi connectivity index (χ3n) is 6.36. The molecule has 1 aromatic heterocycles. The Kier molecular flexibility index (Phi) is 6.43. The van der Waals surface area contributed by atoms with Crippen LogP contribution in [0.2, 0.25) is 5.02 Å². The number of hydrogen-bond acceptors (Lipinski definition) is 5. The van der Waals surface area contributed by atoms with Crippen LogP contribution in [0.25, 0.3) is 0 Å². The monoisotopic (exact) mass is 500 g/mol. The molecule has 2 heterocycles. The van der Waals surface area contributed by atoms with Crippen molar-refractivity contribution >= 4 is 29.2 Å². The second kappa shape index (κ2) is 9.83. The van der Waals surface area contributed by atoms with Crippen molar-refractivity contribution in [1.82, 2.24) is 14.3 Å². The summed E-state index contributed by atoms with van der Waals surface area (Å²) in [5.74, 6) is 0.0236. The third kappa shape index (κ3) is 4.67. The number of nitrogens with two attached hydrogens (primary N) is 1. The predicted molar refractivity (Wildman–Crippen MR) is 141 cm³/mol. The van der Waals surface area contributed by atoms with Crippen molar-refractivity contribution in [2.75, 3.05) is 11.6 Å². The number of hydrogen-bond donors (Lipinski definition) is 1. The van der Waals surface area contributed by atoms with Crippen molar-refractivity contribution in [2.24, 2.45) is 17.9 Å². The van der Waals surface area contributed by atoms with Crippen LogP contribution in [0, 0.1) is 0 Å². The summed E-state index contributed by atoms with van der Waals surface area (Å²) in [5.41, 5.74) is 9.53. The van der Waals surface area contributed by atoms with Crippen molar-refractivity contribution in [2.45, 2.75) is 18.9 Å². The average Bonchev–Trinajstić information content (AvgIpc) is 3.45. The molecule has 4 aromatic rings. The van der Waals surface area contributed by atoms with Crippen LogP contribution in [-0.2, 0) is 20.0 Å². The van der Waals surface area contributed by atoms with Gasteiger partial charge in [0.25, 0.3) is 0 Å². The number of rotatable bonds is 7. The van der Waals surface area contributed by atoms with Crippen LogP contribution in [0.1, 0.15) is 33.0 Å². The Morgan fingerprint density at radius 3 is 2.39 bits per heavy atom. The zero-order valence-corrected chi connectivity index (χ0v) is 20.5. The first-order valence-corrected chi connectivity index (χ1v) is 12.0. The molecule has 0 fully saturated rings. The zero-order valence-electron chi connectivity index (χ0n) is 19.7. The maximum atomic E-state index is 13.0. The van der Waals surface area contributed by atoms with Gasteiger partial charge in [-0.05, 0) is 47.4 Å². The molecule has 0 aliphatic carbocycles. The average molecular weight is 501 g/mol. The van der Waals surface area contributed by atoms with Crippen molar-refractivity contribution in [3.8, 4) is 0 Å². The molecule has 36 heavy (non-hydrogen) atoms. The summed E-state index contributed by atoms with van der Waals surface area (Å²) in [4.78, 5) is 24.3. The summed E-state index contributed by atoms with van der Waals surface area (Å²) in [7, 11) is 1.70. The lowest BCUT2D eigenvalue weighted by Crippen LogP contribution is -2.25. The van der Waals surface area contributed by atoms with Crippen molar-refractivity contribution in [3.63, 3.8) is 0 Å².